The molecule has 108 valence electrons. The molecule has 0 aromatic heterocycles. The third kappa shape index (κ3) is 3.56. The van der Waals surface area contributed by atoms with Gasteiger partial charge in [-0.2, -0.15) is 0 Å². The Morgan fingerprint density at radius 3 is 2.21 bits per heavy atom. The highest BCUT2D eigenvalue weighted by Crippen LogP contribution is 2.28. The van der Waals surface area contributed by atoms with Crippen LogP contribution in [0.25, 0.3) is 0 Å². The van der Waals surface area contributed by atoms with Gasteiger partial charge in [-0.05, 0) is 18.8 Å². The summed E-state index contributed by atoms with van der Waals surface area (Å²) in [5.41, 5.74) is 0. The standard InChI is InChI=1S/C15H25NO3/c1-10(2)14(17)13(11-6-4-3-5-7-11)16-15(18)12-8-19-9-12/h10-13H,3-9H2,1-2H3,(H,16,18)/t13-/m1/s1. The molecule has 1 aliphatic carbocycles. The first kappa shape index (κ1) is 14.5. The van der Waals surface area contributed by atoms with Crippen molar-refractivity contribution in [2.75, 3.05) is 13.2 Å². The number of rotatable bonds is 5. The molecule has 0 aromatic carbocycles. The van der Waals surface area contributed by atoms with Crippen molar-refractivity contribution in [1.82, 2.24) is 5.32 Å². The van der Waals surface area contributed by atoms with Crippen LogP contribution in [-0.2, 0) is 14.3 Å². The molecule has 1 aliphatic heterocycles. The molecule has 2 aliphatic rings. The largest absolute Gasteiger partial charge is 0.380 e. The summed E-state index contributed by atoms with van der Waals surface area (Å²) in [6, 6.07) is -0.284. The van der Waals surface area contributed by atoms with Gasteiger partial charge in [0.25, 0.3) is 0 Å². The Morgan fingerprint density at radius 2 is 1.74 bits per heavy atom. The number of nitrogens with one attached hydrogen (secondary N) is 1. The van der Waals surface area contributed by atoms with Gasteiger partial charge in [-0.1, -0.05) is 33.1 Å². The van der Waals surface area contributed by atoms with Gasteiger partial charge in [0.2, 0.25) is 5.91 Å². The van der Waals surface area contributed by atoms with E-state index in [0.717, 1.165) is 12.8 Å². The summed E-state index contributed by atoms with van der Waals surface area (Å²) in [5, 5.41) is 3.00. The van der Waals surface area contributed by atoms with Crippen LogP contribution < -0.4 is 5.32 Å². The highest BCUT2D eigenvalue weighted by Gasteiger charge is 2.35. The predicted octanol–water partition coefficient (Wildman–Crippen LogP) is 1.92. The average molecular weight is 267 g/mol. The van der Waals surface area contributed by atoms with Gasteiger partial charge in [0, 0.05) is 5.92 Å². The minimum Gasteiger partial charge on any atom is -0.380 e. The molecule has 1 saturated heterocycles. The predicted molar refractivity (Wildman–Crippen MR) is 72.7 cm³/mol. The SMILES string of the molecule is CC(C)C(=O)[C@H](NC(=O)C1COC1)C1CCCCC1. The maximum absolute atomic E-state index is 12.4. The summed E-state index contributed by atoms with van der Waals surface area (Å²) in [6.45, 7) is 4.83. The van der Waals surface area contributed by atoms with E-state index >= 15 is 0 Å². The highest BCUT2D eigenvalue weighted by molar-refractivity contribution is 5.91. The Kier molecular flexibility index (Phi) is 4.97. The van der Waals surface area contributed by atoms with Crippen molar-refractivity contribution in [2.24, 2.45) is 17.8 Å². The number of carbonyl (C=O) groups excluding carboxylic acids is 2. The molecular formula is C15H25NO3. The molecular weight excluding hydrogens is 242 g/mol. The van der Waals surface area contributed by atoms with Crippen LogP contribution in [0.5, 0.6) is 0 Å². The summed E-state index contributed by atoms with van der Waals surface area (Å²) in [5.74, 6) is 0.431. The third-order valence-electron chi connectivity index (χ3n) is 4.30. The summed E-state index contributed by atoms with van der Waals surface area (Å²) in [7, 11) is 0. The second-order valence-corrected chi connectivity index (χ2v) is 6.18. The second-order valence-electron chi connectivity index (χ2n) is 6.18. The smallest absolute Gasteiger partial charge is 0.228 e. The maximum atomic E-state index is 12.4. The van der Waals surface area contributed by atoms with Crippen LogP contribution in [0.3, 0.4) is 0 Å². The summed E-state index contributed by atoms with van der Waals surface area (Å²) < 4.78 is 5.05. The lowest BCUT2D eigenvalue weighted by molar-refractivity contribution is -0.143. The van der Waals surface area contributed by atoms with E-state index in [-0.39, 0.29) is 29.6 Å². The number of hydrogen-bond acceptors (Lipinski definition) is 3. The van der Waals surface area contributed by atoms with Crippen molar-refractivity contribution < 1.29 is 14.3 Å². The second kappa shape index (κ2) is 6.51. The van der Waals surface area contributed by atoms with Crippen LogP contribution in [0.15, 0.2) is 0 Å². The van der Waals surface area contributed by atoms with Gasteiger partial charge in [0.05, 0.1) is 25.2 Å². The molecule has 0 bridgehead atoms. The topological polar surface area (TPSA) is 55.4 Å². The average Bonchev–Trinajstić information content (AvgIpc) is 2.34. The highest BCUT2D eigenvalue weighted by atomic mass is 16.5. The molecule has 1 heterocycles. The van der Waals surface area contributed by atoms with E-state index in [2.05, 4.69) is 5.32 Å². The van der Waals surface area contributed by atoms with Crippen LogP contribution in [0.1, 0.15) is 46.0 Å². The summed E-state index contributed by atoms with van der Waals surface area (Å²) >= 11 is 0. The zero-order chi connectivity index (χ0) is 13.8. The van der Waals surface area contributed by atoms with Gasteiger partial charge in [-0.15, -0.1) is 0 Å². The fourth-order valence-corrected chi connectivity index (χ4v) is 2.91. The lowest BCUT2D eigenvalue weighted by Gasteiger charge is -2.33. The Morgan fingerprint density at radius 1 is 1.11 bits per heavy atom. The molecule has 4 heteroatoms. The van der Waals surface area contributed by atoms with Crippen LogP contribution in [-0.4, -0.2) is 30.9 Å². The van der Waals surface area contributed by atoms with Crippen molar-refractivity contribution >= 4 is 11.7 Å². The Balaban J connectivity index is 1.99. The zero-order valence-corrected chi connectivity index (χ0v) is 12.0. The zero-order valence-electron chi connectivity index (χ0n) is 12.0. The van der Waals surface area contributed by atoms with Crippen LogP contribution >= 0.6 is 0 Å². The monoisotopic (exact) mass is 267 g/mol. The molecule has 19 heavy (non-hydrogen) atoms. The van der Waals surface area contributed by atoms with Crippen LogP contribution in [0, 0.1) is 17.8 Å². The molecule has 1 amide bonds. The quantitative estimate of drug-likeness (QED) is 0.828. The molecule has 0 unspecified atom stereocenters. The minimum absolute atomic E-state index is 0.00387. The Hall–Kier alpha value is -0.900. The van der Waals surface area contributed by atoms with Gasteiger partial charge in [-0.3, -0.25) is 9.59 Å². The van der Waals surface area contributed by atoms with E-state index in [0.29, 0.717) is 19.1 Å². The molecule has 1 atom stereocenters. The first-order chi connectivity index (χ1) is 9.09. The van der Waals surface area contributed by atoms with Gasteiger partial charge in [-0.25, -0.2) is 0 Å². The summed E-state index contributed by atoms with van der Waals surface area (Å²) in [6.07, 6.45) is 5.72. The number of amides is 1. The number of ether oxygens (including phenoxy) is 1. The fourth-order valence-electron chi connectivity index (χ4n) is 2.91. The van der Waals surface area contributed by atoms with E-state index in [1.54, 1.807) is 0 Å². The third-order valence-corrected chi connectivity index (χ3v) is 4.30. The van der Waals surface area contributed by atoms with Gasteiger partial charge < -0.3 is 10.1 Å². The Bertz CT molecular complexity index is 330. The number of hydrogen-bond donors (Lipinski definition) is 1. The van der Waals surface area contributed by atoms with E-state index in [4.69, 9.17) is 4.74 Å². The number of Topliss-reactive ketones (excluding diaryl/α,β-unsaturated/α-hetero) is 1. The van der Waals surface area contributed by atoms with E-state index in [9.17, 15) is 9.59 Å². The lowest BCUT2D eigenvalue weighted by Crippen LogP contribution is -2.52. The van der Waals surface area contributed by atoms with E-state index in [1.807, 2.05) is 13.8 Å². The van der Waals surface area contributed by atoms with Crippen molar-refractivity contribution in [2.45, 2.75) is 52.0 Å². The molecule has 4 nitrogen and oxygen atoms in total. The van der Waals surface area contributed by atoms with Crippen LogP contribution in [0.4, 0.5) is 0 Å². The van der Waals surface area contributed by atoms with Crippen molar-refractivity contribution in [3.63, 3.8) is 0 Å². The van der Waals surface area contributed by atoms with Gasteiger partial charge in [0.15, 0.2) is 5.78 Å². The summed E-state index contributed by atoms with van der Waals surface area (Å²) in [4.78, 5) is 24.4. The molecule has 0 radical (unpaired) electrons. The van der Waals surface area contributed by atoms with E-state index in [1.165, 1.54) is 19.3 Å². The van der Waals surface area contributed by atoms with Crippen molar-refractivity contribution in [3.05, 3.63) is 0 Å². The van der Waals surface area contributed by atoms with Crippen LogP contribution in [0.2, 0.25) is 0 Å². The Labute approximate surface area is 115 Å². The minimum atomic E-state index is -0.284. The fraction of sp³-hybridized carbons (Fsp3) is 0.867. The maximum Gasteiger partial charge on any atom is 0.228 e. The van der Waals surface area contributed by atoms with E-state index < -0.39 is 0 Å². The van der Waals surface area contributed by atoms with Crippen molar-refractivity contribution in [1.29, 1.82) is 0 Å². The van der Waals surface area contributed by atoms with Gasteiger partial charge in [0.1, 0.15) is 0 Å². The number of carbonyl (C=O) groups is 2. The molecule has 1 saturated carbocycles. The molecule has 0 aromatic rings. The first-order valence-electron chi connectivity index (χ1n) is 7.51. The normalized spacial score (nSPS) is 22.9. The molecule has 1 N–H and O–H groups in total. The number of ketones is 1. The van der Waals surface area contributed by atoms with Crippen molar-refractivity contribution in [3.8, 4) is 0 Å². The molecule has 2 rings (SSSR count). The first-order valence-corrected chi connectivity index (χ1v) is 7.51. The van der Waals surface area contributed by atoms with Gasteiger partial charge >= 0.3 is 0 Å². The molecule has 2 fully saturated rings. The molecule has 0 spiro atoms. The lowest BCUT2D eigenvalue weighted by atomic mass is 9.80.